The van der Waals surface area contributed by atoms with Crippen molar-refractivity contribution in [1.29, 1.82) is 0 Å². The molecule has 0 radical (unpaired) electrons. The van der Waals surface area contributed by atoms with Crippen molar-refractivity contribution in [3.8, 4) is 11.3 Å². The summed E-state index contributed by atoms with van der Waals surface area (Å²) in [6, 6.07) is 13.7. The van der Waals surface area contributed by atoms with Gasteiger partial charge in [-0.3, -0.25) is 14.8 Å². The first-order chi connectivity index (χ1) is 14.1. The standard InChI is InChI=1S/C23H21ClFN3O/c24-19-5-1-3-17(14-19)22-23(27-11-10-26-22)18-4-2-12-28(15-18)21(29)13-16-6-8-20(25)9-7-16/h1,3,5-11,14,18H,2,4,12-13,15H2. The minimum absolute atomic E-state index is 0.0505. The molecule has 1 aliphatic heterocycles. The number of carbonyl (C=O) groups excluding carboxylic acids is 1. The summed E-state index contributed by atoms with van der Waals surface area (Å²) in [5, 5.41) is 0.652. The van der Waals surface area contributed by atoms with Crippen molar-refractivity contribution in [2.45, 2.75) is 25.2 Å². The summed E-state index contributed by atoms with van der Waals surface area (Å²) in [6.45, 7) is 1.33. The molecule has 6 heteroatoms. The van der Waals surface area contributed by atoms with E-state index in [1.165, 1.54) is 12.1 Å². The molecule has 1 saturated heterocycles. The van der Waals surface area contributed by atoms with Crippen LogP contribution in [-0.4, -0.2) is 33.9 Å². The Morgan fingerprint density at radius 2 is 1.93 bits per heavy atom. The summed E-state index contributed by atoms with van der Waals surface area (Å²) < 4.78 is 13.1. The number of benzene rings is 2. The van der Waals surface area contributed by atoms with Crippen LogP contribution in [0, 0.1) is 5.82 Å². The van der Waals surface area contributed by atoms with E-state index in [4.69, 9.17) is 11.6 Å². The summed E-state index contributed by atoms with van der Waals surface area (Å²) in [5.74, 6) is -0.131. The summed E-state index contributed by atoms with van der Waals surface area (Å²) in [5.41, 5.74) is 3.45. The Kier molecular flexibility index (Phi) is 5.86. The van der Waals surface area contributed by atoms with Crippen LogP contribution in [0.5, 0.6) is 0 Å². The fourth-order valence-electron chi connectivity index (χ4n) is 3.82. The van der Waals surface area contributed by atoms with E-state index in [1.54, 1.807) is 24.5 Å². The molecule has 1 aliphatic rings. The van der Waals surface area contributed by atoms with Gasteiger partial charge in [-0.05, 0) is 42.7 Å². The lowest BCUT2D eigenvalue weighted by atomic mass is 9.91. The lowest BCUT2D eigenvalue weighted by molar-refractivity contribution is -0.131. The van der Waals surface area contributed by atoms with Gasteiger partial charge < -0.3 is 4.90 Å². The second-order valence-electron chi connectivity index (χ2n) is 7.28. The highest BCUT2D eigenvalue weighted by Crippen LogP contribution is 2.32. The topological polar surface area (TPSA) is 46.1 Å². The van der Waals surface area contributed by atoms with Gasteiger partial charge in [-0.15, -0.1) is 0 Å². The van der Waals surface area contributed by atoms with Gasteiger partial charge in [0.25, 0.3) is 0 Å². The second kappa shape index (κ2) is 8.70. The first-order valence-electron chi connectivity index (χ1n) is 9.69. The van der Waals surface area contributed by atoms with Crippen molar-refractivity contribution < 1.29 is 9.18 Å². The second-order valence-corrected chi connectivity index (χ2v) is 7.72. The van der Waals surface area contributed by atoms with Crippen LogP contribution in [-0.2, 0) is 11.2 Å². The summed E-state index contributed by atoms with van der Waals surface area (Å²) >= 11 is 6.16. The number of carbonyl (C=O) groups is 1. The monoisotopic (exact) mass is 409 g/mol. The molecule has 0 bridgehead atoms. The normalized spacial score (nSPS) is 16.6. The van der Waals surface area contributed by atoms with E-state index in [0.29, 0.717) is 11.6 Å². The van der Waals surface area contributed by atoms with Crippen molar-refractivity contribution in [1.82, 2.24) is 14.9 Å². The van der Waals surface area contributed by atoms with Gasteiger partial charge in [-0.2, -0.15) is 0 Å². The van der Waals surface area contributed by atoms with E-state index in [-0.39, 0.29) is 24.1 Å². The summed E-state index contributed by atoms with van der Waals surface area (Å²) in [7, 11) is 0. The maximum atomic E-state index is 13.1. The molecule has 1 fully saturated rings. The highest BCUT2D eigenvalue weighted by Gasteiger charge is 2.28. The molecule has 4 nitrogen and oxygen atoms in total. The van der Waals surface area contributed by atoms with Gasteiger partial charge >= 0.3 is 0 Å². The van der Waals surface area contributed by atoms with Crippen LogP contribution in [0.1, 0.15) is 30.0 Å². The number of aromatic nitrogens is 2. The molecular weight excluding hydrogens is 389 g/mol. The number of hydrogen-bond acceptors (Lipinski definition) is 3. The van der Waals surface area contributed by atoms with Gasteiger partial charge in [0.15, 0.2) is 0 Å². The molecule has 1 atom stereocenters. The number of likely N-dealkylation sites (tertiary alicyclic amines) is 1. The zero-order valence-corrected chi connectivity index (χ0v) is 16.6. The molecule has 1 aromatic heterocycles. The van der Waals surface area contributed by atoms with Gasteiger partial charge in [-0.25, -0.2) is 4.39 Å². The van der Waals surface area contributed by atoms with E-state index in [9.17, 15) is 9.18 Å². The number of piperidine rings is 1. The molecule has 2 heterocycles. The van der Waals surface area contributed by atoms with E-state index in [1.807, 2.05) is 29.2 Å². The quantitative estimate of drug-likeness (QED) is 0.616. The molecule has 0 N–H and O–H groups in total. The zero-order valence-electron chi connectivity index (χ0n) is 15.9. The first-order valence-corrected chi connectivity index (χ1v) is 10.1. The fraction of sp³-hybridized carbons (Fsp3) is 0.261. The van der Waals surface area contributed by atoms with Crippen LogP contribution >= 0.6 is 11.6 Å². The van der Waals surface area contributed by atoms with Crippen LogP contribution in [0.25, 0.3) is 11.3 Å². The summed E-state index contributed by atoms with van der Waals surface area (Å²) in [6.07, 6.45) is 5.51. The average Bonchev–Trinajstić information content (AvgIpc) is 2.75. The van der Waals surface area contributed by atoms with Crippen molar-refractivity contribution in [2.24, 2.45) is 0 Å². The maximum Gasteiger partial charge on any atom is 0.227 e. The third-order valence-electron chi connectivity index (χ3n) is 5.25. The van der Waals surface area contributed by atoms with Crippen LogP contribution < -0.4 is 0 Å². The van der Waals surface area contributed by atoms with Gasteiger partial charge in [-0.1, -0.05) is 35.9 Å². The number of amides is 1. The average molecular weight is 410 g/mol. The predicted octanol–water partition coefficient (Wildman–Crippen LogP) is 4.88. The van der Waals surface area contributed by atoms with Crippen LogP contribution in [0.2, 0.25) is 5.02 Å². The molecule has 0 saturated carbocycles. The molecule has 0 spiro atoms. The minimum Gasteiger partial charge on any atom is -0.342 e. The van der Waals surface area contributed by atoms with E-state index in [2.05, 4.69) is 9.97 Å². The molecule has 29 heavy (non-hydrogen) atoms. The largest absolute Gasteiger partial charge is 0.342 e. The van der Waals surface area contributed by atoms with Gasteiger partial charge in [0.1, 0.15) is 5.82 Å². The minimum atomic E-state index is -0.296. The van der Waals surface area contributed by atoms with Crippen molar-refractivity contribution in [2.75, 3.05) is 13.1 Å². The Morgan fingerprint density at radius 1 is 1.14 bits per heavy atom. The Bertz CT molecular complexity index is 1010. The molecular formula is C23H21ClFN3O. The smallest absolute Gasteiger partial charge is 0.227 e. The lowest BCUT2D eigenvalue weighted by Crippen LogP contribution is -2.40. The van der Waals surface area contributed by atoms with Gasteiger partial charge in [0.2, 0.25) is 5.91 Å². The third kappa shape index (κ3) is 4.62. The highest BCUT2D eigenvalue weighted by atomic mass is 35.5. The fourth-order valence-corrected chi connectivity index (χ4v) is 4.01. The predicted molar refractivity (Wildman–Crippen MR) is 111 cm³/mol. The van der Waals surface area contributed by atoms with Gasteiger partial charge in [0, 0.05) is 42.0 Å². The number of halogens is 2. The molecule has 1 amide bonds. The Balaban J connectivity index is 1.53. The maximum absolute atomic E-state index is 13.1. The van der Waals surface area contributed by atoms with Crippen LogP contribution in [0.15, 0.2) is 60.9 Å². The van der Waals surface area contributed by atoms with Crippen molar-refractivity contribution in [3.05, 3.63) is 83.0 Å². The summed E-state index contributed by atoms with van der Waals surface area (Å²) in [4.78, 5) is 23.9. The molecule has 0 aliphatic carbocycles. The van der Waals surface area contributed by atoms with Crippen LogP contribution in [0.3, 0.4) is 0 Å². The molecule has 2 aromatic carbocycles. The van der Waals surface area contributed by atoms with Gasteiger partial charge in [0.05, 0.1) is 17.8 Å². The van der Waals surface area contributed by atoms with E-state index in [0.717, 1.165) is 41.9 Å². The van der Waals surface area contributed by atoms with Crippen molar-refractivity contribution in [3.63, 3.8) is 0 Å². The number of hydrogen-bond donors (Lipinski definition) is 0. The van der Waals surface area contributed by atoms with Crippen LogP contribution in [0.4, 0.5) is 4.39 Å². The molecule has 1 unspecified atom stereocenters. The number of rotatable bonds is 4. The molecule has 4 rings (SSSR count). The molecule has 3 aromatic rings. The Labute approximate surface area is 174 Å². The molecule has 148 valence electrons. The Morgan fingerprint density at radius 3 is 2.72 bits per heavy atom. The Hall–Kier alpha value is -2.79. The van der Waals surface area contributed by atoms with Crippen molar-refractivity contribution >= 4 is 17.5 Å². The third-order valence-corrected chi connectivity index (χ3v) is 5.49. The van der Waals surface area contributed by atoms with E-state index >= 15 is 0 Å². The highest BCUT2D eigenvalue weighted by molar-refractivity contribution is 6.30. The zero-order chi connectivity index (χ0) is 20.2. The number of nitrogens with zero attached hydrogens (tertiary/aromatic N) is 3. The first kappa shape index (κ1) is 19.5. The van der Waals surface area contributed by atoms with E-state index < -0.39 is 0 Å². The SMILES string of the molecule is O=C(Cc1ccc(F)cc1)N1CCCC(c2nccnc2-c2cccc(Cl)c2)C1. The lowest BCUT2D eigenvalue weighted by Gasteiger charge is -2.33.